The first kappa shape index (κ1) is 16.1. The van der Waals surface area contributed by atoms with Crippen LogP contribution in [-0.2, 0) is 25.5 Å². The Kier molecular flexibility index (Phi) is 5.20. The second kappa shape index (κ2) is 7.11. The first-order valence-corrected chi connectivity index (χ1v) is 7.47. The molecule has 0 bridgehead atoms. The number of H-pyrrole nitrogens is 1. The number of aryl methyl sites for hydroxylation is 1. The van der Waals surface area contributed by atoms with Crippen molar-refractivity contribution in [2.75, 3.05) is 13.2 Å². The van der Waals surface area contributed by atoms with E-state index in [1.165, 1.54) is 0 Å². The van der Waals surface area contributed by atoms with E-state index in [9.17, 15) is 9.59 Å². The molecule has 0 unspecified atom stereocenters. The summed E-state index contributed by atoms with van der Waals surface area (Å²) < 4.78 is 10.0. The molecule has 0 spiro atoms. The second-order valence-electron chi connectivity index (χ2n) is 5.03. The van der Waals surface area contributed by atoms with Gasteiger partial charge in [-0.2, -0.15) is 0 Å². The number of fused-ring (bicyclic) bond motifs is 1. The molecule has 0 aliphatic rings. The molecular formula is C17H21NO4. The fourth-order valence-corrected chi connectivity index (χ4v) is 2.55. The van der Waals surface area contributed by atoms with Crippen LogP contribution < -0.4 is 0 Å². The third-order valence-corrected chi connectivity index (χ3v) is 3.58. The van der Waals surface area contributed by atoms with Crippen LogP contribution in [0.1, 0.15) is 25.1 Å². The number of carbonyl (C=O) groups is 2. The lowest BCUT2D eigenvalue weighted by Gasteiger charge is -2.14. The molecule has 0 atom stereocenters. The van der Waals surface area contributed by atoms with E-state index in [4.69, 9.17) is 9.47 Å². The van der Waals surface area contributed by atoms with Crippen molar-refractivity contribution < 1.29 is 19.1 Å². The van der Waals surface area contributed by atoms with Gasteiger partial charge in [0.05, 0.1) is 13.2 Å². The van der Waals surface area contributed by atoms with Crippen LogP contribution in [0, 0.1) is 12.8 Å². The minimum atomic E-state index is -0.933. The van der Waals surface area contributed by atoms with Crippen molar-refractivity contribution in [1.82, 2.24) is 4.98 Å². The van der Waals surface area contributed by atoms with E-state index in [-0.39, 0.29) is 19.6 Å². The molecule has 0 saturated heterocycles. The molecule has 0 amide bonds. The van der Waals surface area contributed by atoms with Crippen LogP contribution in [0.4, 0.5) is 0 Å². The highest BCUT2D eigenvalue weighted by atomic mass is 16.6. The maximum absolute atomic E-state index is 12.1. The summed E-state index contributed by atoms with van der Waals surface area (Å²) in [5, 5.41) is 1.01. The van der Waals surface area contributed by atoms with Crippen LogP contribution in [-0.4, -0.2) is 30.1 Å². The maximum Gasteiger partial charge on any atom is 0.320 e. The van der Waals surface area contributed by atoms with Gasteiger partial charge in [0.15, 0.2) is 5.92 Å². The molecule has 0 radical (unpaired) electrons. The van der Waals surface area contributed by atoms with Crippen molar-refractivity contribution in [1.29, 1.82) is 0 Å². The molecule has 0 aliphatic carbocycles. The van der Waals surface area contributed by atoms with Gasteiger partial charge in [0.1, 0.15) is 0 Å². The Bertz CT molecular complexity index is 656. The lowest BCUT2D eigenvalue weighted by molar-refractivity contribution is -0.161. The van der Waals surface area contributed by atoms with Crippen LogP contribution in [0.5, 0.6) is 0 Å². The lowest BCUT2D eigenvalue weighted by Crippen LogP contribution is -2.30. The molecule has 118 valence electrons. The van der Waals surface area contributed by atoms with Gasteiger partial charge in [-0.25, -0.2) is 0 Å². The van der Waals surface area contributed by atoms with E-state index in [0.717, 1.165) is 22.2 Å². The smallest absolute Gasteiger partial charge is 0.320 e. The van der Waals surface area contributed by atoms with E-state index in [1.807, 2.05) is 31.2 Å². The first-order chi connectivity index (χ1) is 10.6. The summed E-state index contributed by atoms with van der Waals surface area (Å²) in [5.41, 5.74) is 2.88. The van der Waals surface area contributed by atoms with Crippen molar-refractivity contribution >= 4 is 22.8 Å². The van der Waals surface area contributed by atoms with Gasteiger partial charge in [-0.1, -0.05) is 18.2 Å². The Morgan fingerprint density at radius 1 is 1.09 bits per heavy atom. The standard InChI is InChI=1S/C17H21NO4/c1-4-21-16(19)14(17(20)22-5-2)10-13-11(3)18-15-9-7-6-8-12(13)15/h6-9,14,18H,4-5,10H2,1-3H3. The Labute approximate surface area is 129 Å². The number of aromatic amines is 1. The highest BCUT2D eigenvalue weighted by Gasteiger charge is 2.31. The first-order valence-electron chi connectivity index (χ1n) is 7.47. The van der Waals surface area contributed by atoms with Gasteiger partial charge in [0.2, 0.25) is 0 Å². The van der Waals surface area contributed by atoms with E-state index in [2.05, 4.69) is 4.98 Å². The quantitative estimate of drug-likeness (QED) is 0.658. The monoisotopic (exact) mass is 303 g/mol. The van der Waals surface area contributed by atoms with E-state index in [1.54, 1.807) is 13.8 Å². The SMILES string of the molecule is CCOC(=O)C(Cc1c(C)[nH]c2ccccc12)C(=O)OCC. The molecule has 0 saturated carbocycles. The van der Waals surface area contributed by atoms with Crippen LogP contribution in [0.2, 0.25) is 0 Å². The number of esters is 2. The normalized spacial score (nSPS) is 10.9. The molecule has 22 heavy (non-hydrogen) atoms. The van der Waals surface area contributed by atoms with Gasteiger partial charge in [0, 0.05) is 16.6 Å². The minimum absolute atomic E-state index is 0.238. The summed E-state index contributed by atoms with van der Waals surface area (Å²) in [5.74, 6) is -2.01. The van der Waals surface area contributed by atoms with Gasteiger partial charge in [-0.15, -0.1) is 0 Å². The number of aromatic nitrogens is 1. The highest BCUT2D eigenvalue weighted by molar-refractivity contribution is 5.96. The highest BCUT2D eigenvalue weighted by Crippen LogP contribution is 2.25. The topological polar surface area (TPSA) is 68.4 Å². The second-order valence-corrected chi connectivity index (χ2v) is 5.03. The zero-order valence-corrected chi connectivity index (χ0v) is 13.1. The van der Waals surface area contributed by atoms with Crippen molar-refractivity contribution in [3.63, 3.8) is 0 Å². The molecule has 0 fully saturated rings. The van der Waals surface area contributed by atoms with Gasteiger partial charge < -0.3 is 14.5 Å². The summed E-state index contributed by atoms with van der Waals surface area (Å²) in [6.45, 7) is 5.85. The number of benzene rings is 1. The van der Waals surface area contributed by atoms with Crippen LogP contribution in [0.3, 0.4) is 0 Å². The average molecular weight is 303 g/mol. The Hall–Kier alpha value is -2.30. The molecule has 5 nitrogen and oxygen atoms in total. The predicted molar refractivity (Wildman–Crippen MR) is 83.5 cm³/mol. The maximum atomic E-state index is 12.1. The summed E-state index contributed by atoms with van der Waals surface area (Å²) in [6.07, 6.45) is 0.271. The number of carbonyl (C=O) groups excluding carboxylic acids is 2. The number of rotatable bonds is 6. The summed E-state index contributed by atoms with van der Waals surface area (Å²) in [6, 6.07) is 7.82. The zero-order valence-electron chi connectivity index (χ0n) is 13.1. The van der Waals surface area contributed by atoms with Crippen LogP contribution in [0.15, 0.2) is 24.3 Å². The fourth-order valence-electron chi connectivity index (χ4n) is 2.55. The average Bonchev–Trinajstić information content (AvgIpc) is 2.80. The van der Waals surface area contributed by atoms with Gasteiger partial charge in [-0.05, 0) is 38.8 Å². The molecule has 0 aliphatic heterocycles. The van der Waals surface area contributed by atoms with Gasteiger partial charge in [0.25, 0.3) is 0 Å². The van der Waals surface area contributed by atoms with E-state index in [0.29, 0.717) is 0 Å². The number of hydrogen-bond acceptors (Lipinski definition) is 4. The third-order valence-electron chi connectivity index (χ3n) is 3.58. The Morgan fingerprint density at radius 2 is 1.68 bits per heavy atom. The zero-order chi connectivity index (χ0) is 16.1. The predicted octanol–water partition coefficient (Wildman–Crippen LogP) is 2.76. The number of hydrogen-bond donors (Lipinski definition) is 1. The summed E-state index contributed by atoms with van der Waals surface area (Å²) in [4.78, 5) is 27.5. The van der Waals surface area contributed by atoms with Gasteiger partial charge in [-0.3, -0.25) is 9.59 Å². The number of para-hydroxylation sites is 1. The molecule has 1 N–H and O–H groups in total. The molecule has 1 heterocycles. The van der Waals surface area contributed by atoms with E-state index >= 15 is 0 Å². The minimum Gasteiger partial charge on any atom is -0.465 e. The van der Waals surface area contributed by atoms with E-state index < -0.39 is 17.9 Å². The number of nitrogens with one attached hydrogen (secondary N) is 1. The molecule has 5 heteroatoms. The summed E-state index contributed by atoms with van der Waals surface area (Å²) >= 11 is 0. The van der Waals surface area contributed by atoms with Crippen molar-refractivity contribution in [3.8, 4) is 0 Å². The van der Waals surface area contributed by atoms with Crippen molar-refractivity contribution in [3.05, 3.63) is 35.5 Å². The largest absolute Gasteiger partial charge is 0.465 e. The molecule has 1 aromatic heterocycles. The third kappa shape index (κ3) is 3.30. The fraction of sp³-hybridized carbons (Fsp3) is 0.412. The van der Waals surface area contributed by atoms with Crippen molar-refractivity contribution in [2.45, 2.75) is 27.2 Å². The van der Waals surface area contributed by atoms with Crippen LogP contribution in [0.25, 0.3) is 10.9 Å². The number of ether oxygens (including phenoxy) is 2. The lowest BCUT2D eigenvalue weighted by atomic mass is 9.97. The Balaban J connectivity index is 2.34. The molecule has 2 rings (SSSR count). The molecular weight excluding hydrogens is 282 g/mol. The summed E-state index contributed by atoms with van der Waals surface area (Å²) in [7, 11) is 0. The molecule has 1 aromatic carbocycles. The Morgan fingerprint density at radius 3 is 2.27 bits per heavy atom. The van der Waals surface area contributed by atoms with Gasteiger partial charge >= 0.3 is 11.9 Å². The van der Waals surface area contributed by atoms with Crippen molar-refractivity contribution in [2.24, 2.45) is 5.92 Å². The van der Waals surface area contributed by atoms with Crippen LogP contribution >= 0.6 is 0 Å². The molecule has 2 aromatic rings.